The molecule has 1 amide bonds. The second-order valence-corrected chi connectivity index (χ2v) is 6.00. The molecule has 1 atom stereocenters. The molecule has 2 N–H and O–H groups in total. The monoisotopic (exact) mass is 316 g/mol. The SMILES string of the molecule is Cc1nc(C(=O)NCCC(C)O)nn1-c1ccccc1C(C)C. The number of hydrogen-bond donors (Lipinski definition) is 2. The van der Waals surface area contributed by atoms with Gasteiger partial charge >= 0.3 is 0 Å². The van der Waals surface area contributed by atoms with E-state index in [9.17, 15) is 9.90 Å². The molecule has 2 aromatic rings. The van der Waals surface area contributed by atoms with Gasteiger partial charge in [0, 0.05) is 6.54 Å². The molecule has 23 heavy (non-hydrogen) atoms. The van der Waals surface area contributed by atoms with Gasteiger partial charge in [0.1, 0.15) is 5.82 Å². The number of benzene rings is 1. The highest BCUT2D eigenvalue weighted by molar-refractivity contribution is 5.90. The first kappa shape index (κ1) is 17.1. The minimum Gasteiger partial charge on any atom is -0.393 e. The average Bonchev–Trinajstić information content (AvgIpc) is 2.88. The molecule has 1 heterocycles. The van der Waals surface area contributed by atoms with Gasteiger partial charge in [-0.3, -0.25) is 4.79 Å². The Bertz CT molecular complexity index is 677. The second-order valence-electron chi connectivity index (χ2n) is 6.00. The average molecular weight is 316 g/mol. The van der Waals surface area contributed by atoms with E-state index in [-0.39, 0.29) is 11.7 Å². The van der Waals surface area contributed by atoms with Gasteiger partial charge in [-0.2, -0.15) is 0 Å². The zero-order chi connectivity index (χ0) is 17.0. The van der Waals surface area contributed by atoms with Gasteiger partial charge in [0.25, 0.3) is 5.91 Å². The molecular formula is C17H24N4O2. The van der Waals surface area contributed by atoms with Crippen molar-refractivity contribution in [3.63, 3.8) is 0 Å². The maximum absolute atomic E-state index is 12.1. The summed E-state index contributed by atoms with van der Waals surface area (Å²) in [4.78, 5) is 16.4. The third kappa shape index (κ3) is 4.16. The van der Waals surface area contributed by atoms with E-state index in [4.69, 9.17) is 0 Å². The topological polar surface area (TPSA) is 80.0 Å². The molecule has 2 rings (SSSR count). The molecule has 0 aliphatic rings. The Morgan fingerprint density at radius 2 is 2.00 bits per heavy atom. The van der Waals surface area contributed by atoms with Gasteiger partial charge < -0.3 is 10.4 Å². The van der Waals surface area contributed by atoms with Crippen molar-refractivity contribution < 1.29 is 9.90 Å². The van der Waals surface area contributed by atoms with Crippen molar-refractivity contribution in [3.8, 4) is 5.69 Å². The molecule has 0 saturated heterocycles. The number of aromatic nitrogens is 3. The number of amides is 1. The summed E-state index contributed by atoms with van der Waals surface area (Å²) in [6.07, 6.45) is 0.0576. The molecule has 0 aliphatic heterocycles. The molecule has 124 valence electrons. The Morgan fingerprint density at radius 3 is 2.65 bits per heavy atom. The van der Waals surface area contributed by atoms with Crippen molar-refractivity contribution in [3.05, 3.63) is 41.5 Å². The Balaban J connectivity index is 2.23. The minimum atomic E-state index is -0.444. The number of rotatable bonds is 6. The highest BCUT2D eigenvalue weighted by Crippen LogP contribution is 2.23. The van der Waals surface area contributed by atoms with Crippen LogP contribution in [0, 0.1) is 6.92 Å². The van der Waals surface area contributed by atoms with Gasteiger partial charge in [0.05, 0.1) is 11.8 Å². The molecule has 0 saturated carbocycles. The quantitative estimate of drug-likeness (QED) is 0.856. The van der Waals surface area contributed by atoms with E-state index in [2.05, 4.69) is 35.3 Å². The van der Waals surface area contributed by atoms with Crippen LogP contribution in [0.1, 0.15) is 55.1 Å². The lowest BCUT2D eigenvalue weighted by molar-refractivity contribution is 0.0935. The van der Waals surface area contributed by atoms with E-state index in [1.54, 1.807) is 11.6 Å². The first-order valence-electron chi connectivity index (χ1n) is 7.89. The Hall–Kier alpha value is -2.21. The van der Waals surface area contributed by atoms with E-state index in [0.717, 1.165) is 11.3 Å². The smallest absolute Gasteiger partial charge is 0.290 e. The van der Waals surface area contributed by atoms with Crippen molar-refractivity contribution in [1.82, 2.24) is 20.1 Å². The summed E-state index contributed by atoms with van der Waals surface area (Å²) in [6.45, 7) is 8.15. The van der Waals surface area contributed by atoms with Crippen LogP contribution in [0.25, 0.3) is 5.69 Å². The molecule has 0 fully saturated rings. The lowest BCUT2D eigenvalue weighted by Crippen LogP contribution is -2.27. The van der Waals surface area contributed by atoms with Crippen LogP contribution in [0.2, 0.25) is 0 Å². The zero-order valence-corrected chi connectivity index (χ0v) is 14.1. The normalized spacial score (nSPS) is 12.4. The number of aliphatic hydroxyl groups excluding tert-OH is 1. The molecular weight excluding hydrogens is 292 g/mol. The summed E-state index contributed by atoms with van der Waals surface area (Å²) < 4.78 is 1.71. The van der Waals surface area contributed by atoms with E-state index in [1.165, 1.54) is 0 Å². The van der Waals surface area contributed by atoms with Crippen molar-refractivity contribution >= 4 is 5.91 Å². The first-order valence-corrected chi connectivity index (χ1v) is 7.89. The van der Waals surface area contributed by atoms with Crippen molar-refractivity contribution in [2.24, 2.45) is 0 Å². The Labute approximate surface area is 136 Å². The molecule has 0 bridgehead atoms. The van der Waals surface area contributed by atoms with Crippen molar-refractivity contribution in [1.29, 1.82) is 0 Å². The van der Waals surface area contributed by atoms with Gasteiger partial charge in [0.2, 0.25) is 5.82 Å². The molecule has 6 heteroatoms. The molecule has 6 nitrogen and oxygen atoms in total. The highest BCUT2D eigenvalue weighted by atomic mass is 16.3. The third-order valence-corrected chi connectivity index (χ3v) is 3.61. The lowest BCUT2D eigenvalue weighted by Gasteiger charge is -2.12. The van der Waals surface area contributed by atoms with Gasteiger partial charge in [-0.1, -0.05) is 32.0 Å². The standard InChI is InChI=1S/C17H24N4O2/c1-11(2)14-7-5-6-8-15(14)21-13(4)19-16(20-21)17(23)18-10-9-12(3)22/h5-8,11-12,22H,9-10H2,1-4H3,(H,18,23). The summed E-state index contributed by atoms with van der Waals surface area (Å²) in [6, 6.07) is 7.98. The van der Waals surface area contributed by atoms with Gasteiger partial charge in [0.15, 0.2) is 0 Å². The number of aryl methyl sites for hydroxylation is 1. The summed E-state index contributed by atoms with van der Waals surface area (Å²) >= 11 is 0. The van der Waals surface area contributed by atoms with E-state index in [0.29, 0.717) is 24.7 Å². The number of carbonyl (C=O) groups excluding carboxylic acids is 1. The van der Waals surface area contributed by atoms with E-state index < -0.39 is 6.10 Å². The van der Waals surface area contributed by atoms with Gasteiger partial charge in [-0.25, -0.2) is 9.67 Å². The number of aliphatic hydroxyl groups is 1. The van der Waals surface area contributed by atoms with Crippen LogP contribution in [-0.4, -0.2) is 38.4 Å². The fourth-order valence-electron chi connectivity index (χ4n) is 2.36. The van der Waals surface area contributed by atoms with Crippen LogP contribution in [0.4, 0.5) is 0 Å². The van der Waals surface area contributed by atoms with Crippen LogP contribution >= 0.6 is 0 Å². The van der Waals surface area contributed by atoms with Crippen LogP contribution in [0.15, 0.2) is 24.3 Å². The highest BCUT2D eigenvalue weighted by Gasteiger charge is 2.17. The van der Waals surface area contributed by atoms with Crippen molar-refractivity contribution in [2.45, 2.75) is 46.1 Å². The Kier molecular flexibility index (Phi) is 5.50. The molecule has 0 spiro atoms. The van der Waals surface area contributed by atoms with Crippen LogP contribution in [0.3, 0.4) is 0 Å². The maximum Gasteiger partial charge on any atom is 0.290 e. The van der Waals surface area contributed by atoms with Gasteiger partial charge in [-0.15, -0.1) is 5.10 Å². The summed E-state index contributed by atoms with van der Waals surface area (Å²) in [7, 11) is 0. The molecule has 1 aromatic heterocycles. The summed E-state index contributed by atoms with van der Waals surface area (Å²) in [5.74, 6) is 0.832. The number of nitrogens with one attached hydrogen (secondary N) is 1. The third-order valence-electron chi connectivity index (χ3n) is 3.61. The molecule has 1 aromatic carbocycles. The van der Waals surface area contributed by atoms with E-state index in [1.807, 2.05) is 25.1 Å². The number of carbonyl (C=O) groups is 1. The lowest BCUT2D eigenvalue weighted by atomic mass is 10.0. The fraction of sp³-hybridized carbons (Fsp3) is 0.471. The van der Waals surface area contributed by atoms with Crippen molar-refractivity contribution in [2.75, 3.05) is 6.54 Å². The van der Waals surface area contributed by atoms with Gasteiger partial charge in [-0.05, 0) is 37.8 Å². The van der Waals surface area contributed by atoms with E-state index >= 15 is 0 Å². The van der Waals surface area contributed by atoms with Crippen LogP contribution in [0.5, 0.6) is 0 Å². The molecule has 1 unspecified atom stereocenters. The number of nitrogens with zero attached hydrogens (tertiary/aromatic N) is 3. The second kappa shape index (κ2) is 7.37. The molecule has 0 aliphatic carbocycles. The predicted molar refractivity (Wildman–Crippen MR) is 88.8 cm³/mol. The summed E-state index contributed by atoms with van der Waals surface area (Å²) in [5, 5.41) is 16.3. The first-order chi connectivity index (χ1) is 10.9. The van der Waals surface area contributed by atoms with Crippen LogP contribution in [-0.2, 0) is 0 Å². The number of hydrogen-bond acceptors (Lipinski definition) is 4. The summed E-state index contributed by atoms with van der Waals surface area (Å²) in [5.41, 5.74) is 2.09. The number of para-hydroxylation sites is 1. The Morgan fingerprint density at radius 1 is 1.30 bits per heavy atom. The fourth-order valence-corrected chi connectivity index (χ4v) is 2.36. The zero-order valence-electron chi connectivity index (χ0n) is 14.1. The molecule has 0 radical (unpaired) electrons. The predicted octanol–water partition coefficient (Wildman–Crippen LogP) is 2.20. The largest absolute Gasteiger partial charge is 0.393 e. The minimum absolute atomic E-state index is 0.145. The maximum atomic E-state index is 12.1. The van der Waals surface area contributed by atoms with Crippen LogP contribution < -0.4 is 5.32 Å².